The summed E-state index contributed by atoms with van der Waals surface area (Å²) in [6.45, 7) is 0.303. The molecule has 0 aliphatic heterocycles. The highest BCUT2D eigenvalue weighted by molar-refractivity contribution is 5.74. The molecule has 2 aromatic rings. The van der Waals surface area contributed by atoms with Crippen LogP contribution >= 0.6 is 0 Å². The Bertz CT molecular complexity index is 608. The van der Waals surface area contributed by atoms with Crippen LogP contribution in [0.3, 0.4) is 0 Å². The Balaban J connectivity index is 2.63. The minimum atomic E-state index is -4.41. The number of alkyl halides is 3. The number of benzene rings is 2. The number of methoxy groups -OCH3 is 1. The van der Waals surface area contributed by atoms with Gasteiger partial charge in [-0.2, -0.15) is 13.2 Å². The average Bonchev–Trinajstić information content (AvgIpc) is 2.45. The number of ether oxygens (including phenoxy) is 1. The minimum absolute atomic E-state index is 0.0976. The summed E-state index contributed by atoms with van der Waals surface area (Å²) < 4.78 is 44.3. The molecule has 0 saturated carbocycles. The summed E-state index contributed by atoms with van der Waals surface area (Å²) in [5.74, 6) is 0.379. The molecule has 0 saturated heterocycles. The fourth-order valence-corrected chi connectivity index (χ4v) is 2.05. The molecule has 0 fully saturated rings. The minimum Gasteiger partial charge on any atom is -0.496 e. The van der Waals surface area contributed by atoms with E-state index in [0.29, 0.717) is 17.9 Å². The van der Waals surface area contributed by atoms with Crippen molar-refractivity contribution in [2.75, 3.05) is 7.11 Å². The van der Waals surface area contributed by atoms with E-state index in [1.807, 2.05) is 0 Å². The molecule has 0 aromatic heterocycles. The van der Waals surface area contributed by atoms with E-state index in [0.717, 1.165) is 11.6 Å². The van der Waals surface area contributed by atoms with E-state index in [-0.39, 0.29) is 5.56 Å². The van der Waals surface area contributed by atoms with Crippen LogP contribution < -0.4 is 10.5 Å². The third kappa shape index (κ3) is 2.77. The molecule has 2 aromatic carbocycles. The van der Waals surface area contributed by atoms with Gasteiger partial charge in [0.1, 0.15) is 5.75 Å². The molecule has 5 heteroatoms. The van der Waals surface area contributed by atoms with Gasteiger partial charge in [-0.05, 0) is 23.3 Å². The normalized spacial score (nSPS) is 11.4. The number of halogens is 3. The number of rotatable bonds is 3. The fraction of sp³-hybridized carbons (Fsp3) is 0.200. The Morgan fingerprint density at radius 1 is 1.05 bits per heavy atom. The first-order chi connectivity index (χ1) is 9.47. The molecular formula is C15H14F3NO. The third-order valence-corrected chi connectivity index (χ3v) is 3.02. The van der Waals surface area contributed by atoms with Crippen LogP contribution in [-0.2, 0) is 12.7 Å². The zero-order chi connectivity index (χ0) is 14.8. The molecule has 2 N–H and O–H groups in total. The van der Waals surface area contributed by atoms with Gasteiger partial charge < -0.3 is 10.5 Å². The van der Waals surface area contributed by atoms with E-state index in [1.165, 1.54) is 19.2 Å². The van der Waals surface area contributed by atoms with Gasteiger partial charge in [0.25, 0.3) is 0 Å². The van der Waals surface area contributed by atoms with Crippen LogP contribution in [0, 0.1) is 0 Å². The first-order valence-corrected chi connectivity index (χ1v) is 6.01. The van der Waals surface area contributed by atoms with Gasteiger partial charge in [-0.3, -0.25) is 0 Å². The lowest BCUT2D eigenvalue weighted by molar-refractivity contribution is -0.137. The molecule has 0 aliphatic rings. The summed E-state index contributed by atoms with van der Waals surface area (Å²) in [7, 11) is 1.43. The van der Waals surface area contributed by atoms with Gasteiger partial charge in [-0.1, -0.05) is 30.3 Å². The molecule has 0 spiro atoms. The van der Waals surface area contributed by atoms with Crippen LogP contribution in [0.5, 0.6) is 5.75 Å². The summed E-state index contributed by atoms with van der Waals surface area (Å²) in [6, 6.07) is 10.4. The molecule has 0 heterocycles. The van der Waals surface area contributed by atoms with E-state index < -0.39 is 11.7 Å². The SMILES string of the molecule is COc1cc(CN)ccc1-c1ccccc1C(F)(F)F. The van der Waals surface area contributed by atoms with E-state index in [1.54, 1.807) is 24.3 Å². The van der Waals surface area contributed by atoms with Gasteiger partial charge in [0, 0.05) is 12.1 Å². The van der Waals surface area contributed by atoms with Gasteiger partial charge in [0.15, 0.2) is 0 Å². The lowest BCUT2D eigenvalue weighted by Gasteiger charge is -2.15. The third-order valence-electron chi connectivity index (χ3n) is 3.02. The number of nitrogens with two attached hydrogens (primary N) is 1. The number of hydrogen-bond donors (Lipinski definition) is 1. The van der Waals surface area contributed by atoms with E-state index in [9.17, 15) is 13.2 Å². The van der Waals surface area contributed by atoms with E-state index in [2.05, 4.69) is 0 Å². The van der Waals surface area contributed by atoms with Crippen LogP contribution in [0.4, 0.5) is 13.2 Å². The smallest absolute Gasteiger partial charge is 0.417 e. The van der Waals surface area contributed by atoms with Crippen molar-refractivity contribution in [2.24, 2.45) is 5.73 Å². The Morgan fingerprint density at radius 2 is 1.75 bits per heavy atom. The molecule has 2 nitrogen and oxygen atoms in total. The van der Waals surface area contributed by atoms with Crippen molar-refractivity contribution in [3.05, 3.63) is 53.6 Å². The first kappa shape index (κ1) is 14.4. The second-order valence-corrected chi connectivity index (χ2v) is 4.28. The van der Waals surface area contributed by atoms with E-state index in [4.69, 9.17) is 10.5 Å². The predicted octanol–water partition coefficient (Wildman–Crippen LogP) is 3.84. The molecule has 0 bridgehead atoms. The quantitative estimate of drug-likeness (QED) is 0.927. The molecule has 0 atom stereocenters. The molecule has 20 heavy (non-hydrogen) atoms. The maximum Gasteiger partial charge on any atom is 0.417 e. The first-order valence-electron chi connectivity index (χ1n) is 6.01. The van der Waals surface area contributed by atoms with Crippen molar-refractivity contribution in [3.8, 4) is 16.9 Å². The van der Waals surface area contributed by atoms with Crippen LogP contribution in [0.15, 0.2) is 42.5 Å². The summed E-state index contributed by atoms with van der Waals surface area (Å²) in [5, 5.41) is 0. The monoisotopic (exact) mass is 281 g/mol. The zero-order valence-electron chi connectivity index (χ0n) is 10.9. The average molecular weight is 281 g/mol. The van der Waals surface area contributed by atoms with Crippen molar-refractivity contribution >= 4 is 0 Å². The van der Waals surface area contributed by atoms with Gasteiger partial charge in [0.05, 0.1) is 12.7 Å². The van der Waals surface area contributed by atoms with Crippen LogP contribution in [0.25, 0.3) is 11.1 Å². The lowest BCUT2D eigenvalue weighted by atomic mass is 9.97. The van der Waals surface area contributed by atoms with Crippen LogP contribution in [0.1, 0.15) is 11.1 Å². The second kappa shape index (κ2) is 5.54. The topological polar surface area (TPSA) is 35.2 Å². The van der Waals surface area contributed by atoms with Crippen molar-refractivity contribution in [2.45, 2.75) is 12.7 Å². The fourth-order valence-electron chi connectivity index (χ4n) is 2.05. The summed E-state index contributed by atoms with van der Waals surface area (Å²) in [6.07, 6.45) is -4.41. The predicted molar refractivity (Wildman–Crippen MR) is 71.3 cm³/mol. The zero-order valence-corrected chi connectivity index (χ0v) is 10.9. The lowest BCUT2D eigenvalue weighted by Crippen LogP contribution is -2.07. The molecule has 2 rings (SSSR count). The summed E-state index contributed by atoms with van der Waals surface area (Å²) in [4.78, 5) is 0. The van der Waals surface area contributed by atoms with Crippen molar-refractivity contribution in [1.82, 2.24) is 0 Å². The maximum absolute atomic E-state index is 13.1. The van der Waals surface area contributed by atoms with Gasteiger partial charge in [0.2, 0.25) is 0 Å². The summed E-state index contributed by atoms with van der Waals surface area (Å²) >= 11 is 0. The highest BCUT2D eigenvalue weighted by Gasteiger charge is 2.33. The Morgan fingerprint density at radius 3 is 2.35 bits per heavy atom. The number of hydrogen-bond acceptors (Lipinski definition) is 2. The molecular weight excluding hydrogens is 267 g/mol. The van der Waals surface area contributed by atoms with Crippen molar-refractivity contribution < 1.29 is 17.9 Å². The Hall–Kier alpha value is -2.01. The van der Waals surface area contributed by atoms with Gasteiger partial charge in [-0.25, -0.2) is 0 Å². The van der Waals surface area contributed by atoms with Gasteiger partial charge in [-0.15, -0.1) is 0 Å². The summed E-state index contributed by atoms with van der Waals surface area (Å²) in [5.41, 5.74) is 6.14. The van der Waals surface area contributed by atoms with Crippen molar-refractivity contribution in [3.63, 3.8) is 0 Å². The second-order valence-electron chi connectivity index (χ2n) is 4.28. The van der Waals surface area contributed by atoms with Crippen LogP contribution in [0.2, 0.25) is 0 Å². The maximum atomic E-state index is 13.1. The largest absolute Gasteiger partial charge is 0.496 e. The Labute approximate surface area is 115 Å². The molecule has 0 aliphatic carbocycles. The standard InChI is InChI=1S/C15H14F3NO/c1-20-14-8-10(9-19)6-7-12(14)11-4-2-3-5-13(11)15(16,17)18/h2-8H,9,19H2,1H3. The van der Waals surface area contributed by atoms with Crippen LogP contribution in [-0.4, -0.2) is 7.11 Å². The molecule has 0 unspecified atom stereocenters. The van der Waals surface area contributed by atoms with Gasteiger partial charge >= 0.3 is 6.18 Å². The highest BCUT2D eigenvalue weighted by atomic mass is 19.4. The molecule has 106 valence electrons. The van der Waals surface area contributed by atoms with Crippen molar-refractivity contribution in [1.29, 1.82) is 0 Å². The Kier molecular flexibility index (Phi) is 3.99. The molecule has 0 radical (unpaired) electrons. The molecule has 0 amide bonds. The highest BCUT2D eigenvalue weighted by Crippen LogP contribution is 2.40. The van der Waals surface area contributed by atoms with E-state index >= 15 is 0 Å².